The third-order valence-electron chi connectivity index (χ3n) is 5.87. The highest BCUT2D eigenvalue weighted by atomic mass is 19.1. The smallest absolute Gasteiger partial charge is 0.236 e. The molecule has 2 aliphatic heterocycles. The van der Waals surface area contributed by atoms with Gasteiger partial charge in [-0.25, -0.2) is 4.39 Å². The van der Waals surface area contributed by atoms with E-state index in [2.05, 4.69) is 17.1 Å². The largest absolute Gasteiger partial charge is 0.347 e. The number of halogens is 1. The van der Waals surface area contributed by atoms with E-state index in [1.165, 1.54) is 25.5 Å². The van der Waals surface area contributed by atoms with Crippen LogP contribution in [0, 0.1) is 11.7 Å². The van der Waals surface area contributed by atoms with Crippen LogP contribution in [-0.4, -0.2) is 54.3 Å². The predicted octanol–water partition coefficient (Wildman–Crippen LogP) is 2.51. The lowest BCUT2D eigenvalue weighted by molar-refractivity contribution is -0.135. The standard InChI is InChI=1S/C21H30FN3O2/c1-16-5-4-10-25(14-16)20(27)15-24-11-8-21(9-12-24,23-17(2)26)18-6-3-7-19(22)13-18/h3,6-7,13,16H,4-5,8-12,14-15H2,1-2H3,(H,23,26). The second-order valence-electron chi connectivity index (χ2n) is 8.14. The molecule has 0 radical (unpaired) electrons. The number of hydrogen-bond donors (Lipinski definition) is 1. The average molecular weight is 375 g/mol. The molecule has 0 aliphatic carbocycles. The molecule has 1 atom stereocenters. The van der Waals surface area contributed by atoms with Gasteiger partial charge in [0.15, 0.2) is 0 Å². The van der Waals surface area contributed by atoms with Gasteiger partial charge in [-0.05, 0) is 49.3 Å². The van der Waals surface area contributed by atoms with Crippen molar-refractivity contribution in [2.24, 2.45) is 5.92 Å². The number of likely N-dealkylation sites (tertiary alicyclic amines) is 2. The normalized spacial score (nSPS) is 23.1. The summed E-state index contributed by atoms with van der Waals surface area (Å²) in [5, 5.41) is 3.05. The van der Waals surface area contributed by atoms with Gasteiger partial charge in [0.25, 0.3) is 0 Å². The van der Waals surface area contributed by atoms with Crippen molar-refractivity contribution in [3.8, 4) is 0 Å². The van der Waals surface area contributed by atoms with E-state index in [0.717, 1.165) is 25.1 Å². The maximum absolute atomic E-state index is 13.7. The Morgan fingerprint density at radius 3 is 2.63 bits per heavy atom. The van der Waals surface area contributed by atoms with Crippen molar-refractivity contribution >= 4 is 11.8 Å². The highest BCUT2D eigenvalue weighted by Gasteiger charge is 2.38. The lowest BCUT2D eigenvalue weighted by Gasteiger charge is -2.43. The van der Waals surface area contributed by atoms with Crippen molar-refractivity contribution < 1.29 is 14.0 Å². The molecule has 3 rings (SSSR count). The molecule has 0 bridgehead atoms. The molecule has 1 unspecified atom stereocenters. The van der Waals surface area contributed by atoms with Crippen LogP contribution < -0.4 is 5.32 Å². The van der Waals surface area contributed by atoms with Crippen LogP contribution in [0.4, 0.5) is 4.39 Å². The topological polar surface area (TPSA) is 52.7 Å². The molecule has 1 N–H and O–H groups in total. The first-order valence-corrected chi connectivity index (χ1v) is 9.93. The highest BCUT2D eigenvalue weighted by Crippen LogP contribution is 2.33. The first kappa shape index (κ1) is 19.8. The van der Waals surface area contributed by atoms with Crippen LogP contribution >= 0.6 is 0 Å². The fourth-order valence-corrected chi connectivity index (χ4v) is 4.41. The summed E-state index contributed by atoms with van der Waals surface area (Å²) >= 11 is 0. The minimum Gasteiger partial charge on any atom is -0.347 e. The molecule has 0 saturated carbocycles. The third-order valence-corrected chi connectivity index (χ3v) is 5.87. The van der Waals surface area contributed by atoms with Gasteiger partial charge < -0.3 is 10.2 Å². The van der Waals surface area contributed by atoms with Crippen LogP contribution in [0.25, 0.3) is 0 Å². The van der Waals surface area contributed by atoms with Crippen LogP contribution in [-0.2, 0) is 15.1 Å². The van der Waals surface area contributed by atoms with E-state index in [4.69, 9.17) is 0 Å². The van der Waals surface area contributed by atoms with Crippen LogP contribution in [0.2, 0.25) is 0 Å². The summed E-state index contributed by atoms with van der Waals surface area (Å²) < 4.78 is 13.7. The number of nitrogens with zero attached hydrogens (tertiary/aromatic N) is 2. The van der Waals surface area contributed by atoms with E-state index in [9.17, 15) is 14.0 Å². The van der Waals surface area contributed by atoms with Gasteiger partial charge in [-0.1, -0.05) is 19.1 Å². The molecule has 1 aromatic rings. The van der Waals surface area contributed by atoms with Gasteiger partial charge in [0.05, 0.1) is 12.1 Å². The molecule has 27 heavy (non-hydrogen) atoms. The number of amides is 2. The third kappa shape index (κ3) is 4.86. The second kappa shape index (κ2) is 8.38. The number of carbonyl (C=O) groups is 2. The lowest BCUT2D eigenvalue weighted by atomic mass is 9.80. The molecular weight excluding hydrogens is 345 g/mol. The van der Waals surface area contributed by atoms with Crippen LogP contribution in [0.15, 0.2) is 24.3 Å². The Kier molecular flexibility index (Phi) is 6.15. The highest BCUT2D eigenvalue weighted by molar-refractivity contribution is 5.78. The minimum absolute atomic E-state index is 0.119. The zero-order valence-corrected chi connectivity index (χ0v) is 16.3. The molecule has 2 amide bonds. The molecule has 0 aromatic heterocycles. The zero-order valence-electron chi connectivity index (χ0n) is 16.3. The average Bonchev–Trinajstić information content (AvgIpc) is 2.63. The molecule has 2 aliphatic rings. The molecule has 2 saturated heterocycles. The first-order valence-electron chi connectivity index (χ1n) is 9.93. The summed E-state index contributed by atoms with van der Waals surface area (Å²) in [7, 11) is 0. The molecule has 6 heteroatoms. The Morgan fingerprint density at radius 1 is 1.26 bits per heavy atom. The number of rotatable bonds is 4. The van der Waals surface area contributed by atoms with Crippen molar-refractivity contribution in [2.45, 2.75) is 45.1 Å². The van der Waals surface area contributed by atoms with E-state index in [-0.39, 0.29) is 17.6 Å². The van der Waals surface area contributed by atoms with Crippen molar-refractivity contribution in [1.29, 1.82) is 0 Å². The summed E-state index contributed by atoms with van der Waals surface area (Å²) in [6.45, 7) is 7.22. The first-order chi connectivity index (χ1) is 12.9. The Morgan fingerprint density at radius 2 is 2.00 bits per heavy atom. The quantitative estimate of drug-likeness (QED) is 0.880. The van der Waals surface area contributed by atoms with E-state index in [0.29, 0.717) is 38.4 Å². The lowest BCUT2D eigenvalue weighted by Crippen LogP contribution is -2.54. The monoisotopic (exact) mass is 375 g/mol. The van der Waals surface area contributed by atoms with E-state index in [1.807, 2.05) is 11.0 Å². The summed E-state index contributed by atoms with van der Waals surface area (Å²) in [6, 6.07) is 6.47. The van der Waals surface area contributed by atoms with Gasteiger partial charge in [-0.15, -0.1) is 0 Å². The summed E-state index contributed by atoms with van der Waals surface area (Å²) in [6.07, 6.45) is 3.61. The zero-order chi connectivity index (χ0) is 19.4. The maximum atomic E-state index is 13.7. The molecule has 1 aromatic carbocycles. The number of hydrogen-bond acceptors (Lipinski definition) is 3. The fraction of sp³-hybridized carbons (Fsp3) is 0.619. The second-order valence-corrected chi connectivity index (χ2v) is 8.14. The molecular formula is C21H30FN3O2. The van der Waals surface area contributed by atoms with Crippen molar-refractivity contribution in [1.82, 2.24) is 15.1 Å². The fourth-order valence-electron chi connectivity index (χ4n) is 4.41. The number of nitrogens with one attached hydrogen (secondary N) is 1. The van der Waals surface area contributed by atoms with Gasteiger partial charge >= 0.3 is 0 Å². The van der Waals surface area contributed by atoms with Crippen molar-refractivity contribution in [3.05, 3.63) is 35.6 Å². The Hall–Kier alpha value is -1.95. The number of carbonyl (C=O) groups excluding carboxylic acids is 2. The Bertz CT molecular complexity index is 686. The predicted molar refractivity (Wildman–Crippen MR) is 103 cm³/mol. The van der Waals surface area contributed by atoms with Crippen LogP contribution in [0.1, 0.15) is 45.1 Å². The van der Waals surface area contributed by atoms with E-state index >= 15 is 0 Å². The Labute approximate surface area is 160 Å². The van der Waals surface area contributed by atoms with Gasteiger partial charge in [0, 0.05) is 33.1 Å². The maximum Gasteiger partial charge on any atom is 0.236 e. The van der Waals surface area contributed by atoms with Gasteiger partial charge in [-0.3, -0.25) is 14.5 Å². The van der Waals surface area contributed by atoms with Crippen molar-refractivity contribution in [3.63, 3.8) is 0 Å². The molecule has 0 spiro atoms. The SMILES string of the molecule is CC(=O)NC1(c2cccc(F)c2)CCN(CC(=O)N2CCCC(C)C2)CC1. The molecule has 2 heterocycles. The molecule has 2 fully saturated rings. The summed E-state index contributed by atoms with van der Waals surface area (Å²) in [5.41, 5.74) is 0.237. The van der Waals surface area contributed by atoms with Crippen LogP contribution in [0.3, 0.4) is 0 Å². The number of piperidine rings is 2. The minimum atomic E-state index is -0.562. The Balaban J connectivity index is 1.64. The van der Waals surface area contributed by atoms with Gasteiger partial charge in [-0.2, -0.15) is 0 Å². The van der Waals surface area contributed by atoms with Crippen molar-refractivity contribution in [2.75, 3.05) is 32.7 Å². The molecule has 5 nitrogen and oxygen atoms in total. The van der Waals surface area contributed by atoms with Gasteiger partial charge in [0.1, 0.15) is 5.82 Å². The van der Waals surface area contributed by atoms with Crippen LogP contribution in [0.5, 0.6) is 0 Å². The van der Waals surface area contributed by atoms with Gasteiger partial charge in [0.2, 0.25) is 11.8 Å². The number of benzene rings is 1. The summed E-state index contributed by atoms with van der Waals surface area (Å²) in [4.78, 5) is 28.6. The summed E-state index contributed by atoms with van der Waals surface area (Å²) in [5.74, 6) is 0.351. The molecule has 148 valence electrons. The van der Waals surface area contributed by atoms with E-state index in [1.54, 1.807) is 6.07 Å². The van der Waals surface area contributed by atoms with E-state index < -0.39 is 5.54 Å².